The number of carbonyl (C=O) groups is 3. The van der Waals surface area contributed by atoms with E-state index < -0.39 is 11.9 Å². The Balaban J connectivity index is 1.80. The average Bonchev–Trinajstić information content (AvgIpc) is 2.86. The molecular formula is C27H32O8. The fourth-order valence-electron chi connectivity index (χ4n) is 3.01. The van der Waals surface area contributed by atoms with Gasteiger partial charge in [0, 0.05) is 12.5 Å². The van der Waals surface area contributed by atoms with E-state index in [0.717, 1.165) is 31.8 Å². The van der Waals surface area contributed by atoms with Gasteiger partial charge >= 0.3 is 17.9 Å². The number of esters is 3. The van der Waals surface area contributed by atoms with E-state index in [1.165, 1.54) is 7.11 Å². The molecule has 0 heterocycles. The molecule has 0 radical (unpaired) electrons. The zero-order valence-electron chi connectivity index (χ0n) is 20.2. The van der Waals surface area contributed by atoms with Gasteiger partial charge in [0.25, 0.3) is 0 Å². The topological polar surface area (TPSA) is 97.4 Å². The summed E-state index contributed by atoms with van der Waals surface area (Å²) < 4.78 is 26.7. The third-order valence-electron chi connectivity index (χ3n) is 4.83. The highest BCUT2D eigenvalue weighted by Crippen LogP contribution is 2.29. The predicted octanol–water partition coefficient (Wildman–Crippen LogP) is 5.29. The standard InChI is InChI=1S/C27H32O8/c1-4-10-26(29)34-21-12-14-22(15-13-21)35-27(30)20-11-16-23(24(19-20)31-3)32-17-8-6-7-9-18-33-25(28)5-2/h5,11-16,19H,2,4,6-10,17-18H2,1,3H3. The van der Waals surface area contributed by atoms with E-state index in [-0.39, 0.29) is 5.97 Å². The lowest BCUT2D eigenvalue weighted by Crippen LogP contribution is -2.10. The van der Waals surface area contributed by atoms with E-state index in [4.69, 9.17) is 23.7 Å². The largest absolute Gasteiger partial charge is 0.493 e. The highest BCUT2D eigenvalue weighted by atomic mass is 16.5. The van der Waals surface area contributed by atoms with Crippen LogP contribution in [0, 0.1) is 0 Å². The molecule has 0 saturated heterocycles. The first-order valence-electron chi connectivity index (χ1n) is 11.6. The van der Waals surface area contributed by atoms with Gasteiger partial charge < -0.3 is 23.7 Å². The monoisotopic (exact) mass is 484 g/mol. The Hall–Kier alpha value is -3.81. The number of ether oxygens (including phenoxy) is 5. The molecule has 0 amide bonds. The van der Waals surface area contributed by atoms with Gasteiger partial charge in [-0.3, -0.25) is 4.79 Å². The van der Waals surface area contributed by atoms with Crippen molar-refractivity contribution in [1.29, 1.82) is 0 Å². The Labute approximate surface area is 205 Å². The molecule has 0 aliphatic heterocycles. The lowest BCUT2D eigenvalue weighted by molar-refractivity contribution is -0.138. The van der Waals surface area contributed by atoms with Gasteiger partial charge in [-0.25, -0.2) is 9.59 Å². The van der Waals surface area contributed by atoms with Crippen LogP contribution in [0.4, 0.5) is 0 Å². The van der Waals surface area contributed by atoms with Crippen molar-refractivity contribution < 1.29 is 38.1 Å². The van der Waals surface area contributed by atoms with Crippen LogP contribution in [0.5, 0.6) is 23.0 Å². The predicted molar refractivity (Wildman–Crippen MR) is 130 cm³/mol. The van der Waals surface area contributed by atoms with Crippen LogP contribution < -0.4 is 18.9 Å². The summed E-state index contributed by atoms with van der Waals surface area (Å²) in [7, 11) is 1.50. The molecular weight excluding hydrogens is 452 g/mol. The molecule has 2 aromatic carbocycles. The minimum Gasteiger partial charge on any atom is -0.493 e. The second-order valence-electron chi connectivity index (χ2n) is 7.58. The van der Waals surface area contributed by atoms with Crippen LogP contribution in [-0.2, 0) is 14.3 Å². The van der Waals surface area contributed by atoms with E-state index in [1.807, 2.05) is 6.92 Å². The molecule has 8 nitrogen and oxygen atoms in total. The molecule has 2 aromatic rings. The zero-order chi connectivity index (χ0) is 25.5. The highest BCUT2D eigenvalue weighted by Gasteiger charge is 2.14. The van der Waals surface area contributed by atoms with Crippen LogP contribution in [0.15, 0.2) is 55.1 Å². The Bertz CT molecular complexity index is 981. The van der Waals surface area contributed by atoms with E-state index in [2.05, 4.69) is 6.58 Å². The highest BCUT2D eigenvalue weighted by molar-refractivity contribution is 5.91. The van der Waals surface area contributed by atoms with Crippen LogP contribution in [0.1, 0.15) is 55.8 Å². The summed E-state index contributed by atoms with van der Waals surface area (Å²) in [5.74, 6) is 0.402. The van der Waals surface area contributed by atoms with Crippen molar-refractivity contribution in [2.45, 2.75) is 45.4 Å². The number of carbonyl (C=O) groups excluding carboxylic acids is 3. The second-order valence-corrected chi connectivity index (χ2v) is 7.58. The third-order valence-corrected chi connectivity index (χ3v) is 4.83. The lowest BCUT2D eigenvalue weighted by atomic mass is 10.2. The van der Waals surface area contributed by atoms with Crippen LogP contribution in [0.3, 0.4) is 0 Å². The molecule has 0 spiro atoms. The van der Waals surface area contributed by atoms with E-state index in [0.29, 0.717) is 54.6 Å². The summed E-state index contributed by atoms with van der Waals surface area (Å²) in [5.41, 5.74) is 0.307. The number of hydrogen-bond acceptors (Lipinski definition) is 8. The Morgan fingerprint density at radius 2 is 1.51 bits per heavy atom. The van der Waals surface area contributed by atoms with E-state index in [1.54, 1.807) is 42.5 Å². The molecule has 0 fully saturated rings. The maximum absolute atomic E-state index is 12.5. The molecule has 0 aromatic heterocycles. The van der Waals surface area contributed by atoms with Gasteiger partial charge in [-0.1, -0.05) is 13.5 Å². The van der Waals surface area contributed by atoms with Crippen LogP contribution in [0.25, 0.3) is 0 Å². The van der Waals surface area contributed by atoms with Gasteiger partial charge in [-0.2, -0.15) is 0 Å². The quantitative estimate of drug-likeness (QED) is 0.146. The summed E-state index contributed by atoms with van der Waals surface area (Å²) in [4.78, 5) is 35.1. The van der Waals surface area contributed by atoms with Gasteiger partial charge in [0.15, 0.2) is 11.5 Å². The third kappa shape index (κ3) is 9.92. The molecule has 2 rings (SSSR count). The molecule has 0 atom stereocenters. The van der Waals surface area contributed by atoms with E-state index in [9.17, 15) is 14.4 Å². The summed E-state index contributed by atoms with van der Waals surface area (Å²) >= 11 is 0. The molecule has 0 saturated carbocycles. The maximum Gasteiger partial charge on any atom is 0.343 e. The first-order valence-corrected chi connectivity index (χ1v) is 11.6. The van der Waals surface area contributed by atoms with Crippen molar-refractivity contribution in [2.75, 3.05) is 20.3 Å². The molecule has 0 N–H and O–H groups in total. The van der Waals surface area contributed by atoms with Crippen molar-refractivity contribution >= 4 is 17.9 Å². The number of unbranched alkanes of at least 4 members (excludes halogenated alkanes) is 3. The normalized spacial score (nSPS) is 10.2. The smallest absolute Gasteiger partial charge is 0.343 e. The fourth-order valence-corrected chi connectivity index (χ4v) is 3.01. The van der Waals surface area contributed by atoms with Gasteiger partial charge in [0.05, 0.1) is 25.9 Å². The average molecular weight is 485 g/mol. The zero-order valence-corrected chi connectivity index (χ0v) is 20.2. The number of benzene rings is 2. The molecule has 188 valence electrons. The maximum atomic E-state index is 12.5. The first kappa shape index (κ1) is 27.4. The molecule has 0 aliphatic carbocycles. The molecule has 8 heteroatoms. The van der Waals surface area contributed by atoms with Crippen molar-refractivity contribution in [3.8, 4) is 23.0 Å². The Morgan fingerprint density at radius 1 is 0.857 bits per heavy atom. The van der Waals surface area contributed by atoms with Gasteiger partial charge in [-0.15, -0.1) is 0 Å². The number of methoxy groups -OCH3 is 1. The Morgan fingerprint density at radius 3 is 2.14 bits per heavy atom. The summed E-state index contributed by atoms with van der Waals surface area (Å²) in [5, 5.41) is 0. The second kappa shape index (κ2) is 15.2. The molecule has 35 heavy (non-hydrogen) atoms. The summed E-state index contributed by atoms with van der Waals surface area (Å²) in [6.45, 7) is 6.12. The minimum absolute atomic E-state index is 0.307. The van der Waals surface area contributed by atoms with Crippen molar-refractivity contribution in [1.82, 2.24) is 0 Å². The van der Waals surface area contributed by atoms with Crippen LogP contribution >= 0.6 is 0 Å². The van der Waals surface area contributed by atoms with Crippen molar-refractivity contribution in [3.05, 3.63) is 60.7 Å². The number of hydrogen-bond donors (Lipinski definition) is 0. The van der Waals surface area contributed by atoms with Crippen LogP contribution in [0.2, 0.25) is 0 Å². The van der Waals surface area contributed by atoms with Crippen LogP contribution in [-0.4, -0.2) is 38.2 Å². The molecule has 0 bridgehead atoms. The lowest BCUT2D eigenvalue weighted by Gasteiger charge is -2.12. The summed E-state index contributed by atoms with van der Waals surface area (Å²) in [6.07, 6.45) is 5.65. The summed E-state index contributed by atoms with van der Waals surface area (Å²) in [6, 6.07) is 11.1. The van der Waals surface area contributed by atoms with Gasteiger partial charge in [-0.05, 0) is 74.6 Å². The Kier molecular flexibility index (Phi) is 11.9. The molecule has 0 aliphatic rings. The van der Waals surface area contributed by atoms with Gasteiger partial charge in [0.1, 0.15) is 11.5 Å². The number of rotatable bonds is 15. The minimum atomic E-state index is -0.553. The molecule has 0 unspecified atom stereocenters. The fraction of sp³-hybridized carbons (Fsp3) is 0.370. The van der Waals surface area contributed by atoms with Crippen molar-refractivity contribution in [3.63, 3.8) is 0 Å². The van der Waals surface area contributed by atoms with Crippen molar-refractivity contribution in [2.24, 2.45) is 0 Å². The van der Waals surface area contributed by atoms with Gasteiger partial charge in [0.2, 0.25) is 0 Å². The van der Waals surface area contributed by atoms with E-state index >= 15 is 0 Å². The SMILES string of the molecule is C=CC(=O)OCCCCCCOc1ccc(C(=O)Oc2ccc(OC(=O)CCC)cc2)cc1OC. The first-order chi connectivity index (χ1) is 17.0.